The third-order valence-corrected chi connectivity index (χ3v) is 3.99. The fourth-order valence-electron chi connectivity index (χ4n) is 1.81. The van der Waals surface area contributed by atoms with Crippen molar-refractivity contribution in [3.8, 4) is 0 Å². The molecular formula is C13H19BrN4. The van der Waals surface area contributed by atoms with E-state index in [1.807, 2.05) is 12.1 Å². The molecule has 0 aliphatic rings. The smallest absolute Gasteiger partial charge is 0.201 e. The number of nitrogens with two attached hydrogens (primary N) is 1. The molecule has 5 heteroatoms. The first kappa shape index (κ1) is 13.4. The number of nitrogen functional groups attached to an aromatic ring is 1. The quantitative estimate of drug-likeness (QED) is 0.948. The van der Waals surface area contributed by atoms with Gasteiger partial charge in [0, 0.05) is 16.6 Å². The van der Waals surface area contributed by atoms with Crippen molar-refractivity contribution in [2.45, 2.75) is 25.9 Å². The number of hydrogen-bond donors (Lipinski definition) is 1. The second-order valence-electron chi connectivity index (χ2n) is 5.40. The van der Waals surface area contributed by atoms with Crippen LogP contribution in [0.4, 0.5) is 5.95 Å². The zero-order valence-corrected chi connectivity index (χ0v) is 12.8. The molecular weight excluding hydrogens is 292 g/mol. The monoisotopic (exact) mass is 310 g/mol. The molecule has 0 spiro atoms. The normalized spacial score (nSPS) is 12.6. The Morgan fingerprint density at radius 2 is 2.06 bits per heavy atom. The lowest BCUT2D eigenvalue weighted by atomic mass is 10.0. The maximum absolute atomic E-state index is 6.03. The fraction of sp³-hybridized carbons (Fsp3) is 0.462. The van der Waals surface area contributed by atoms with Gasteiger partial charge in [0.15, 0.2) is 0 Å². The van der Waals surface area contributed by atoms with Crippen molar-refractivity contribution in [2.24, 2.45) is 0 Å². The molecule has 0 aliphatic heterocycles. The molecule has 0 bridgehead atoms. The molecule has 0 amide bonds. The van der Waals surface area contributed by atoms with Crippen LogP contribution in [0.3, 0.4) is 0 Å². The summed E-state index contributed by atoms with van der Waals surface area (Å²) in [7, 11) is 4.15. The van der Waals surface area contributed by atoms with E-state index in [1.54, 1.807) is 0 Å². The van der Waals surface area contributed by atoms with Gasteiger partial charge in [-0.1, -0.05) is 15.9 Å². The Labute approximate surface area is 116 Å². The standard InChI is InChI=1S/C13H19BrN4/c1-13(2,17(3)4)8-18-11-7-9(14)5-6-10(11)16-12(18)15/h5-7H,8H2,1-4H3,(H2,15,16). The third-order valence-electron chi connectivity index (χ3n) is 3.50. The van der Waals surface area contributed by atoms with Crippen LogP contribution in [-0.2, 0) is 6.54 Å². The lowest BCUT2D eigenvalue weighted by molar-refractivity contribution is 0.172. The van der Waals surface area contributed by atoms with Crippen LogP contribution >= 0.6 is 15.9 Å². The van der Waals surface area contributed by atoms with Crippen LogP contribution in [0.1, 0.15) is 13.8 Å². The summed E-state index contributed by atoms with van der Waals surface area (Å²) >= 11 is 3.49. The Kier molecular flexibility index (Phi) is 3.38. The number of imidazole rings is 1. The summed E-state index contributed by atoms with van der Waals surface area (Å²) in [5.74, 6) is 0.568. The topological polar surface area (TPSA) is 47.1 Å². The average molecular weight is 311 g/mol. The molecule has 2 N–H and O–H groups in total. The second-order valence-corrected chi connectivity index (χ2v) is 6.31. The molecule has 1 heterocycles. The Bertz CT molecular complexity index is 572. The number of aromatic nitrogens is 2. The Hall–Kier alpha value is -1.07. The largest absolute Gasteiger partial charge is 0.369 e. The van der Waals surface area contributed by atoms with E-state index >= 15 is 0 Å². The molecule has 1 aromatic heterocycles. The van der Waals surface area contributed by atoms with Gasteiger partial charge in [-0.15, -0.1) is 0 Å². The van der Waals surface area contributed by atoms with E-state index in [1.165, 1.54) is 0 Å². The van der Waals surface area contributed by atoms with Crippen LogP contribution in [-0.4, -0.2) is 34.1 Å². The molecule has 4 nitrogen and oxygen atoms in total. The molecule has 1 aromatic carbocycles. The zero-order valence-electron chi connectivity index (χ0n) is 11.2. The van der Waals surface area contributed by atoms with Gasteiger partial charge in [0.05, 0.1) is 11.0 Å². The van der Waals surface area contributed by atoms with E-state index in [9.17, 15) is 0 Å². The molecule has 0 saturated carbocycles. The summed E-state index contributed by atoms with van der Waals surface area (Å²) in [6.45, 7) is 5.19. The van der Waals surface area contributed by atoms with Crippen molar-refractivity contribution in [1.82, 2.24) is 14.5 Å². The SMILES string of the molecule is CN(C)C(C)(C)Cn1c(N)nc2ccc(Br)cc21. The van der Waals surface area contributed by atoms with Crippen LogP contribution in [0.25, 0.3) is 11.0 Å². The summed E-state index contributed by atoms with van der Waals surface area (Å²) in [6.07, 6.45) is 0. The molecule has 0 fully saturated rings. The molecule has 0 aliphatic carbocycles. The first-order valence-corrected chi connectivity index (χ1v) is 6.69. The van der Waals surface area contributed by atoms with Crippen LogP contribution in [0, 0.1) is 0 Å². The molecule has 18 heavy (non-hydrogen) atoms. The van der Waals surface area contributed by atoms with Gasteiger partial charge in [0.25, 0.3) is 0 Å². The average Bonchev–Trinajstić information content (AvgIpc) is 2.55. The van der Waals surface area contributed by atoms with E-state index in [-0.39, 0.29) is 5.54 Å². The number of likely N-dealkylation sites (N-methyl/N-ethyl adjacent to an activating group) is 1. The highest BCUT2D eigenvalue weighted by molar-refractivity contribution is 9.10. The van der Waals surface area contributed by atoms with E-state index in [0.29, 0.717) is 5.95 Å². The number of fused-ring (bicyclic) bond motifs is 1. The Morgan fingerprint density at radius 3 is 2.67 bits per heavy atom. The lowest BCUT2D eigenvalue weighted by Gasteiger charge is -2.33. The van der Waals surface area contributed by atoms with Crippen molar-refractivity contribution in [2.75, 3.05) is 19.8 Å². The number of anilines is 1. The van der Waals surface area contributed by atoms with E-state index in [4.69, 9.17) is 5.73 Å². The van der Waals surface area contributed by atoms with Crippen LogP contribution < -0.4 is 5.73 Å². The minimum atomic E-state index is 0.0179. The van der Waals surface area contributed by atoms with Gasteiger partial charge >= 0.3 is 0 Å². The van der Waals surface area contributed by atoms with Crippen LogP contribution in [0.2, 0.25) is 0 Å². The molecule has 0 saturated heterocycles. The highest BCUT2D eigenvalue weighted by atomic mass is 79.9. The van der Waals surface area contributed by atoms with Crippen molar-refractivity contribution >= 4 is 32.9 Å². The first-order chi connectivity index (χ1) is 8.31. The first-order valence-electron chi connectivity index (χ1n) is 5.90. The van der Waals surface area contributed by atoms with Gasteiger partial charge < -0.3 is 15.2 Å². The second kappa shape index (κ2) is 4.55. The van der Waals surface area contributed by atoms with Crippen molar-refractivity contribution in [3.63, 3.8) is 0 Å². The number of halogens is 1. The van der Waals surface area contributed by atoms with Gasteiger partial charge in [-0.3, -0.25) is 0 Å². The Balaban J connectivity index is 2.50. The Morgan fingerprint density at radius 1 is 1.39 bits per heavy atom. The molecule has 2 rings (SSSR count). The number of rotatable bonds is 3. The van der Waals surface area contributed by atoms with Crippen LogP contribution in [0.15, 0.2) is 22.7 Å². The number of nitrogens with zero attached hydrogens (tertiary/aromatic N) is 3. The van der Waals surface area contributed by atoms with Gasteiger partial charge in [-0.25, -0.2) is 4.98 Å². The highest BCUT2D eigenvalue weighted by Gasteiger charge is 2.23. The lowest BCUT2D eigenvalue weighted by Crippen LogP contribution is -2.42. The van der Waals surface area contributed by atoms with Gasteiger partial charge in [0.1, 0.15) is 0 Å². The fourth-order valence-corrected chi connectivity index (χ4v) is 2.16. The molecule has 0 unspecified atom stereocenters. The van der Waals surface area contributed by atoms with E-state index in [0.717, 1.165) is 22.1 Å². The van der Waals surface area contributed by atoms with Gasteiger partial charge in [-0.2, -0.15) is 0 Å². The summed E-state index contributed by atoms with van der Waals surface area (Å²) in [5.41, 5.74) is 8.05. The molecule has 2 aromatic rings. The number of hydrogen-bond acceptors (Lipinski definition) is 3. The highest BCUT2D eigenvalue weighted by Crippen LogP contribution is 2.25. The third kappa shape index (κ3) is 2.37. The maximum atomic E-state index is 6.03. The number of benzene rings is 1. The molecule has 0 atom stereocenters. The van der Waals surface area contributed by atoms with E-state index < -0.39 is 0 Å². The van der Waals surface area contributed by atoms with E-state index in [2.05, 4.69) is 64.4 Å². The van der Waals surface area contributed by atoms with Crippen molar-refractivity contribution in [3.05, 3.63) is 22.7 Å². The predicted octanol–water partition coefficient (Wildman–Crippen LogP) is 2.72. The predicted molar refractivity (Wildman–Crippen MR) is 79.6 cm³/mol. The minimum Gasteiger partial charge on any atom is -0.369 e. The minimum absolute atomic E-state index is 0.0179. The van der Waals surface area contributed by atoms with Crippen molar-refractivity contribution in [1.29, 1.82) is 0 Å². The van der Waals surface area contributed by atoms with Gasteiger partial charge in [0.2, 0.25) is 5.95 Å². The molecule has 0 radical (unpaired) electrons. The van der Waals surface area contributed by atoms with Crippen molar-refractivity contribution < 1.29 is 0 Å². The molecule has 98 valence electrons. The summed E-state index contributed by atoms with van der Waals surface area (Å²) in [4.78, 5) is 6.59. The summed E-state index contributed by atoms with van der Waals surface area (Å²) < 4.78 is 3.11. The zero-order chi connectivity index (χ0) is 13.5. The summed E-state index contributed by atoms with van der Waals surface area (Å²) in [6, 6.07) is 6.02. The van der Waals surface area contributed by atoms with Crippen LogP contribution in [0.5, 0.6) is 0 Å². The maximum Gasteiger partial charge on any atom is 0.201 e. The van der Waals surface area contributed by atoms with Gasteiger partial charge in [-0.05, 0) is 46.1 Å². The summed E-state index contributed by atoms with van der Waals surface area (Å²) in [5, 5.41) is 0.